The summed E-state index contributed by atoms with van der Waals surface area (Å²) >= 11 is 0. The first-order valence-corrected chi connectivity index (χ1v) is 8.50. The van der Waals surface area contributed by atoms with Crippen LogP contribution in [0.25, 0.3) is 0 Å². The van der Waals surface area contributed by atoms with Crippen LogP contribution >= 0.6 is 0 Å². The van der Waals surface area contributed by atoms with Crippen LogP contribution in [0.1, 0.15) is 44.7 Å². The van der Waals surface area contributed by atoms with Crippen molar-refractivity contribution < 1.29 is 9.53 Å². The van der Waals surface area contributed by atoms with Gasteiger partial charge in [-0.2, -0.15) is 0 Å². The molecule has 1 aliphatic heterocycles. The molecule has 1 heterocycles. The van der Waals surface area contributed by atoms with Gasteiger partial charge in [-0.25, -0.2) is 4.79 Å². The summed E-state index contributed by atoms with van der Waals surface area (Å²) in [6.45, 7) is 7.51. The quantitative estimate of drug-likeness (QED) is 0.799. The van der Waals surface area contributed by atoms with Crippen LogP contribution in [0.2, 0.25) is 0 Å². The van der Waals surface area contributed by atoms with Gasteiger partial charge >= 0.3 is 6.09 Å². The third kappa shape index (κ3) is 4.38. The summed E-state index contributed by atoms with van der Waals surface area (Å²) in [6, 6.07) is 7.02. The minimum atomic E-state index is -0.448. The number of alkyl carbamates (subject to hydrolysis) is 1. The van der Waals surface area contributed by atoms with Crippen LogP contribution in [0.5, 0.6) is 0 Å². The molecule has 5 heteroatoms. The molecule has 1 aromatic carbocycles. The van der Waals surface area contributed by atoms with E-state index in [1.807, 2.05) is 20.8 Å². The van der Waals surface area contributed by atoms with E-state index >= 15 is 0 Å². The van der Waals surface area contributed by atoms with Gasteiger partial charge in [-0.1, -0.05) is 18.2 Å². The SMILES string of the molecule is CC(C)(C)OC(=O)NC1CC1NCc1cccc2c1NCCC2. The van der Waals surface area contributed by atoms with Crippen molar-refractivity contribution in [1.29, 1.82) is 0 Å². The van der Waals surface area contributed by atoms with E-state index in [9.17, 15) is 4.79 Å². The topological polar surface area (TPSA) is 62.4 Å². The number of benzene rings is 1. The van der Waals surface area contributed by atoms with Crippen LogP contribution in [-0.4, -0.2) is 30.3 Å². The Hall–Kier alpha value is -1.75. The van der Waals surface area contributed by atoms with Crippen molar-refractivity contribution >= 4 is 11.8 Å². The first kappa shape index (κ1) is 16.1. The molecule has 1 aromatic rings. The van der Waals surface area contributed by atoms with Crippen molar-refractivity contribution in [2.45, 2.75) is 64.3 Å². The van der Waals surface area contributed by atoms with Gasteiger partial charge in [0, 0.05) is 30.9 Å². The lowest BCUT2D eigenvalue weighted by molar-refractivity contribution is 0.0522. The van der Waals surface area contributed by atoms with Gasteiger partial charge in [-0.3, -0.25) is 0 Å². The lowest BCUT2D eigenvalue weighted by atomic mass is 9.99. The second-order valence-electron chi connectivity index (χ2n) is 7.46. The van der Waals surface area contributed by atoms with Gasteiger partial charge in [0.05, 0.1) is 0 Å². The smallest absolute Gasteiger partial charge is 0.407 e. The molecule has 126 valence electrons. The Balaban J connectivity index is 1.47. The van der Waals surface area contributed by atoms with E-state index in [4.69, 9.17) is 4.74 Å². The van der Waals surface area contributed by atoms with E-state index in [0.717, 1.165) is 25.9 Å². The van der Waals surface area contributed by atoms with Crippen molar-refractivity contribution in [3.8, 4) is 0 Å². The van der Waals surface area contributed by atoms with Crippen LogP contribution < -0.4 is 16.0 Å². The standard InChI is InChI=1S/C18H27N3O2/c1-18(2,3)23-17(22)21-15-10-14(15)20-11-13-7-4-6-12-8-5-9-19-16(12)13/h4,6-7,14-15,19-20H,5,8-11H2,1-3H3,(H,21,22). The molecule has 2 unspecified atom stereocenters. The maximum atomic E-state index is 11.7. The number of carbonyl (C=O) groups excluding carboxylic acids is 1. The fraction of sp³-hybridized carbons (Fsp3) is 0.611. The number of anilines is 1. The van der Waals surface area contributed by atoms with Gasteiger partial charge < -0.3 is 20.7 Å². The van der Waals surface area contributed by atoms with Crippen LogP contribution in [0.15, 0.2) is 18.2 Å². The molecule has 0 spiro atoms. The van der Waals surface area contributed by atoms with Crippen LogP contribution in [-0.2, 0) is 17.7 Å². The minimum absolute atomic E-state index is 0.178. The molecular formula is C18H27N3O2. The molecule has 2 atom stereocenters. The summed E-state index contributed by atoms with van der Waals surface area (Å²) in [5.41, 5.74) is 3.57. The molecule has 0 saturated heterocycles. The number of aryl methyl sites for hydroxylation is 1. The zero-order valence-corrected chi connectivity index (χ0v) is 14.2. The van der Waals surface area contributed by atoms with Crippen molar-refractivity contribution in [2.24, 2.45) is 0 Å². The van der Waals surface area contributed by atoms with E-state index in [0.29, 0.717) is 6.04 Å². The maximum absolute atomic E-state index is 11.7. The van der Waals surface area contributed by atoms with Gasteiger partial charge in [-0.05, 0) is 51.2 Å². The molecule has 2 aliphatic rings. The van der Waals surface area contributed by atoms with Crippen molar-refractivity contribution in [2.75, 3.05) is 11.9 Å². The molecule has 1 amide bonds. The number of fused-ring (bicyclic) bond motifs is 1. The molecule has 3 N–H and O–H groups in total. The highest BCUT2D eigenvalue weighted by atomic mass is 16.6. The Morgan fingerprint density at radius 2 is 2.17 bits per heavy atom. The van der Waals surface area contributed by atoms with Gasteiger partial charge in [0.25, 0.3) is 0 Å². The van der Waals surface area contributed by atoms with Gasteiger partial charge in [0.15, 0.2) is 0 Å². The summed E-state index contributed by atoms with van der Waals surface area (Å²) in [5, 5.41) is 9.97. The Labute approximate surface area is 138 Å². The number of para-hydroxylation sites is 1. The first-order chi connectivity index (χ1) is 10.9. The lowest BCUT2D eigenvalue weighted by Gasteiger charge is -2.21. The zero-order chi connectivity index (χ0) is 16.4. The molecule has 5 nitrogen and oxygen atoms in total. The summed E-state index contributed by atoms with van der Waals surface area (Å²) < 4.78 is 5.29. The van der Waals surface area contributed by atoms with E-state index in [1.165, 1.54) is 23.2 Å². The first-order valence-electron chi connectivity index (χ1n) is 8.50. The third-order valence-electron chi connectivity index (χ3n) is 4.21. The van der Waals surface area contributed by atoms with E-state index in [-0.39, 0.29) is 12.1 Å². The van der Waals surface area contributed by atoms with Crippen LogP contribution in [0.3, 0.4) is 0 Å². The average Bonchev–Trinajstić information content (AvgIpc) is 3.21. The molecule has 0 aromatic heterocycles. The van der Waals surface area contributed by atoms with Gasteiger partial charge in [-0.15, -0.1) is 0 Å². The fourth-order valence-electron chi connectivity index (χ4n) is 3.01. The molecule has 1 fully saturated rings. The predicted octanol–water partition coefficient (Wildman–Crippen LogP) is 2.80. The number of carbonyl (C=O) groups is 1. The highest BCUT2D eigenvalue weighted by Gasteiger charge is 2.39. The second-order valence-corrected chi connectivity index (χ2v) is 7.46. The second kappa shape index (κ2) is 6.40. The third-order valence-corrected chi connectivity index (χ3v) is 4.21. The molecule has 1 aliphatic carbocycles. The van der Waals surface area contributed by atoms with E-state index in [2.05, 4.69) is 34.1 Å². The lowest BCUT2D eigenvalue weighted by Crippen LogP contribution is -2.36. The summed E-state index contributed by atoms with van der Waals surface area (Å²) in [6.07, 6.45) is 2.99. The Kier molecular flexibility index (Phi) is 4.48. The Morgan fingerprint density at radius 1 is 1.35 bits per heavy atom. The Morgan fingerprint density at radius 3 is 2.96 bits per heavy atom. The summed E-state index contributed by atoms with van der Waals surface area (Å²) in [4.78, 5) is 11.7. The van der Waals surface area contributed by atoms with E-state index < -0.39 is 5.60 Å². The average molecular weight is 317 g/mol. The van der Waals surface area contributed by atoms with Gasteiger partial charge in [0.2, 0.25) is 0 Å². The number of nitrogens with one attached hydrogen (secondary N) is 3. The summed E-state index contributed by atoms with van der Waals surface area (Å²) in [7, 11) is 0. The number of amides is 1. The highest BCUT2D eigenvalue weighted by Crippen LogP contribution is 2.28. The van der Waals surface area contributed by atoms with Crippen LogP contribution in [0.4, 0.5) is 10.5 Å². The zero-order valence-electron chi connectivity index (χ0n) is 14.2. The number of rotatable bonds is 4. The minimum Gasteiger partial charge on any atom is -0.444 e. The van der Waals surface area contributed by atoms with Crippen molar-refractivity contribution in [3.05, 3.63) is 29.3 Å². The van der Waals surface area contributed by atoms with Crippen molar-refractivity contribution in [1.82, 2.24) is 10.6 Å². The number of hydrogen-bond donors (Lipinski definition) is 3. The molecule has 0 radical (unpaired) electrons. The molecular weight excluding hydrogens is 290 g/mol. The van der Waals surface area contributed by atoms with Crippen molar-refractivity contribution in [3.63, 3.8) is 0 Å². The largest absolute Gasteiger partial charge is 0.444 e. The Bertz CT molecular complexity index is 580. The van der Waals surface area contributed by atoms with Crippen LogP contribution in [0, 0.1) is 0 Å². The fourth-order valence-corrected chi connectivity index (χ4v) is 3.01. The monoisotopic (exact) mass is 317 g/mol. The molecule has 1 saturated carbocycles. The van der Waals surface area contributed by atoms with E-state index in [1.54, 1.807) is 0 Å². The molecule has 23 heavy (non-hydrogen) atoms. The normalized spacial score (nSPS) is 22.7. The van der Waals surface area contributed by atoms with Gasteiger partial charge in [0.1, 0.15) is 5.60 Å². The molecule has 0 bridgehead atoms. The highest BCUT2D eigenvalue weighted by molar-refractivity contribution is 5.68. The maximum Gasteiger partial charge on any atom is 0.407 e. The molecule has 3 rings (SSSR count). The number of hydrogen-bond acceptors (Lipinski definition) is 4. The predicted molar refractivity (Wildman–Crippen MR) is 91.7 cm³/mol. The number of ether oxygens (including phenoxy) is 1. The summed E-state index contributed by atoms with van der Waals surface area (Å²) in [5.74, 6) is 0.